The van der Waals surface area contributed by atoms with Crippen LogP contribution in [-0.4, -0.2) is 23.5 Å². The molecule has 2 aliphatic heterocycles. The number of rotatable bonds is 2. The summed E-state index contributed by atoms with van der Waals surface area (Å²) >= 11 is 0. The van der Waals surface area contributed by atoms with Crippen molar-refractivity contribution >= 4 is 0 Å². The predicted molar refractivity (Wildman–Crippen MR) is 61.4 cm³/mol. The van der Waals surface area contributed by atoms with E-state index >= 15 is 0 Å². The van der Waals surface area contributed by atoms with Crippen LogP contribution in [0, 0.1) is 11.3 Å². The zero-order valence-electron chi connectivity index (χ0n) is 10.3. The minimum atomic E-state index is 0.565. The molecular weight excluding hydrogens is 170 g/mol. The maximum Gasteiger partial charge on any atom is 0.0218 e. The molecule has 2 saturated heterocycles. The fourth-order valence-electron chi connectivity index (χ4n) is 3.97. The summed E-state index contributed by atoms with van der Waals surface area (Å²) in [5, 5.41) is 0. The second-order valence-electron chi connectivity index (χ2n) is 6.69. The van der Waals surface area contributed by atoms with Crippen molar-refractivity contribution < 1.29 is 0 Å². The molecule has 0 bridgehead atoms. The van der Waals surface area contributed by atoms with Crippen LogP contribution < -0.4 is 0 Å². The van der Waals surface area contributed by atoms with Gasteiger partial charge in [-0.3, -0.25) is 4.90 Å². The van der Waals surface area contributed by atoms with Crippen molar-refractivity contribution in [3.05, 3.63) is 0 Å². The summed E-state index contributed by atoms with van der Waals surface area (Å²) in [7, 11) is 0. The molecular formula is C13H25N. The maximum atomic E-state index is 2.78. The summed E-state index contributed by atoms with van der Waals surface area (Å²) in [5.74, 6) is 0.851. The Morgan fingerprint density at radius 2 is 2.00 bits per heavy atom. The second kappa shape index (κ2) is 3.23. The summed E-state index contributed by atoms with van der Waals surface area (Å²) in [6.07, 6.45) is 5.73. The third-order valence-electron chi connectivity index (χ3n) is 3.96. The SMILES string of the molecule is CC(C)CC12CCCN1CC(C)(C)C2. The van der Waals surface area contributed by atoms with E-state index in [0.717, 1.165) is 5.92 Å². The van der Waals surface area contributed by atoms with Crippen LogP contribution in [0.1, 0.15) is 53.4 Å². The molecule has 2 aliphatic rings. The highest BCUT2D eigenvalue weighted by Crippen LogP contribution is 2.50. The average molecular weight is 195 g/mol. The van der Waals surface area contributed by atoms with Gasteiger partial charge in [0.25, 0.3) is 0 Å². The Hall–Kier alpha value is -0.0400. The Labute approximate surface area is 88.9 Å². The van der Waals surface area contributed by atoms with Gasteiger partial charge >= 0.3 is 0 Å². The van der Waals surface area contributed by atoms with E-state index in [-0.39, 0.29) is 0 Å². The molecule has 0 aromatic heterocycles. The first-order valence-electron chi connectivity index (χ1n) is 6.19. The molecule has 82 valence electrons. The lowest BCUT2D eigenvalue weighted by Crippen LogP contribution is -2.39. The van der Waals surface area contributed by atoms with E-state index in [1.165, 1.54) is 38.8 Å². The summed E-state index contributed by atoms with van der Waals surface area (Å²) in [5.41, 5.74) is 1.16. The molecule has 1 heteroatoms. The molecule has 2 heterocycles. The Morgan fingerprint density at radius 3 is 2.64 bits per heavy atom. The number of hydrogen-bond acceptors (Lipinski definition) is 1. The summed E-state index contributed by atoms with van der Waals surface area (Å²) in [4.78, 5) is 2.78. The smallest absolute Gasteiger partial charge is 0.0218 e. The van der Waals surface area contributed by atoms with Crippen molar-refractivity contribution in [1.29, 1.82) is 0 Å². The van der Waals surface area contributed by atoms with Crippen LogP contribution in [0.15, 0.2) is 0 Å². The molecule has 0 spiro atoms. The zero-order valence-corrected chi connectivity index (χ0v) is 10.3. The highest BCUT2D eigenvalue weighted by Gasteiger charge is 2.50. The zero-order chi connectivity index (χ0) is 10.4. The van der Waals surface area contributed by atoms with E-state index in [9.17, 15) is 0 Å². The van der Waals surface area contributed by atoms with Gasteiger partial charge in [-0.05, 0) is 43.6 Å². The number of nitrogens with zero attached hydrogens (tertiary/aromatic N) is 1. The first-order chi connectivity index (χ1) is 6.44. The third-order valence-corrected chi connectivity index (χ3v) is 3.96. The minimum Gasteiger partial charge on any atom is -0.297 e. The van der Waals surface area contributed by atoms with Gasteiger partial charge in [0.05, 0.1) is 0 Å². The molecule has 14 heavy (non-hydrogen) atoms. The van der Waals surface area contributed by atoms with Crippen molar-refractivity contribution in [1.82, 2.24) is 4.90 Å². The predicted octanol–water partition coefficient (Wildman–Crippen LogP) is 3.30. The van der Waals surface area contributed by atoms with Crippen molar-refractivity contribution in [2.24, 2.45) is 11.3 Å². The van der Waals surface area contributed by atoms with Crippen molar-refractivity contribution in [2.75, 3.05) is 13.1 Å². The van der Waals surface area contributed by atoms with Gasteiger partial charge in [0.1, 0.15) is 0 Å². The van der Waals surface area contributed by atoms with Gasteiger partial charge in [-0.25, -0.2) is 0 Å². The molecule has 0 saturated carbocycles. The van der Waals surface area contributed by atoms with Crippen LogP contribution in [0.4, 0.5) is 0 Å². The largest absolute Gasteiger partial charge is 0.297 e. The van der Waals surface area contributed by atoms with Crippen molar-refractivity contribution in [2.45, 2.75) is 58.9 Å². The van der Waals surface area contributed by atoms with E-state index < -0.39 is 0 Å². The Morgan fingerprint density at radius 1 is 1.29 bits per heavy atom. The molecule has 0 N–H and O–H groups in total. The van der Waals surface area contributed by atoms with Crippen molar-refractivity contribution in [3.63, 3.8) is 0 Å². The number of hydrogen-bond donors (Lipinski definition) is 0. The van der Waals surface area contributed by atoms with Gasteiger partial charge in [0, 0.05) is 12.1 Å². The lowest BCUT2D eigenvalue weighted by molar-refractivity contribution is 0.163. The van der Waals surface area contributed by atoms with Gasteiger partial charge in [-0.15, -0.1) is 0 Å². The first-order valence-corrected chi connectivity index (χ1v) is 6.19. The maximum absolute atomic E-state index is 2.78. The second-order valence-corrected chi connectivity index (χ2v) is 6.69. The lowest BCUT2D eigenvalue weighted by atomic mass is 9.78. The van der Waals surface area contributed by atoms with E-state index in [1.807, 2.05) is 0 Å². The highest BCUT2D eigenvalue weighted by atomic mass is 15.3. The van der Waals surface area contributed by atoms with E-state index in [0.29, 0.717) is 11.0 Å². The Bertz CT molecular complexity index is 219. The van der Waals surface area contributed by atoms with Gasteiger partial charge < -0.3 is 0 Å². The summed E-state index contributed by atoms with van der Waals surface area (Å²) < 4.78 is 0. The minimum absolute atomic E-state index is 0.565. The van der Waals surface area contributed by atoms with Crippen LogP contribution >= 0.6 is 0 Å². The first kappa shape index (κ1) is 10.5. The van der Waals surface area contributed by atoms with Gasteiger partial charge in [0.15, 0.2) is 0 Å². The van der Waals surface area contributed by atoms with Crippen LogP contribution in [0.2, 0.25) is 0 Å². The Balaban J connectivity index is 2.15. The van der Waals surface area contributed by atoms with Crippen LogP contribution in [0.25, 0.3) is 0 Å². The third kappa shape index (κ3) is 1.71. The molecule has 0 amide bonds. The van der Waals surface area contributed by atoms with E-state index in [1.54, 1.807) is 0 Å². The number of fused-ring (bicyclic) bond motifs is 1. The highest BCUT2D eigenvalue weighted by molar-refractivity contribution is 5.06. The van der Waals surface area contributed by atoms with Gasteiger partial charge in [-0.1, -0.05) is 27.7 Å². The molecule has 1 unspecified atom stereocenters. The average Bonchev–Trinajstić information content (AvgIpc) is 2.37. The fourth-order valence-corrected chi connectivity index (χ4v) is 3.97. The molecule has 2 rings (SSSR count). The topological polar surface area (TPSA) is 3.24 Å². The van der Waals surface area contributed by atoms with Crippen LogP contribution in [0.3, 0.4) is 0 Å². The monoisotopic (exact) mass is 195 g/mol. The standard InChI is InChI=1S/C13H25N/c1-11(2)8-13-6-5-7-14(13)10-12(3,4)9-13/h11H,5-10H2,1-4H3. The van der Waals surface area contributed by atoms with Crippen LogP contribution in [-0.2, 0) is 0 Å². The summed E-state index contributed by atoms with van der Waals surface area (Å²) in [6.45, 7) is 12.3. The Kier molecular flexibility index (Phi) is 2.42. The molecule has 1 atom stereocenters. The molecule has 0 radical (unpaired) electrons. The molecule has 1 nitrogen and oxygen atoms in total. The lowest BCUT2D eigenvalue weighted by Gasteiger charge is -2.34. The van der Waals surface area contributed by atoms with Crippen LogP contribution in [0.5, 0.6) is 0 Å². The molecule has 0 aliphatic carbocycles. The van der Waals surface area contributed by atoms with E-state index in [4.69, 9.17) is 0 Å². The van der Waals surface area contributed by atoms with Gasteiger partial charge in [0.2, 0.25) is 0 Å². The molecule has 0 aromatic rings. The molecule has 0 aromatic carbocycles. The fraction of sp³-hybridized carbons (Fsp3) is 1.00. The normalized spacial score (nSPS) is 36.6. The molecule has 2 fully saturated rings. The van der Waals surface area contributed by atoms with E-state index in [2.05, 4.69) is 32.6 Å². The van der Waals surface area contributed by atoms with Gasteiger partial charge in [-0.2, -0.15) is 0 Å². The quantitative estimate of drug-likeness (QED) is 0.653. The summed E-state index contributed by atoms with van der Waals surface area (Å²) in [6, 6.07) is 0. The van der Waals surface area contributed by atoms with Crippen molar-refractivity contribution in [3.8, 4) is 0 Å².